The van der Waals surface area contributed by atoms with E-state index in [1.54, 1.807) is 12.5 Å². The van der Waals surface area contributed by atoms with E-state index in [0.717, 1.165) is 22.9 Å². The van der Waals surface area contributed by atoms with Crippen LogP contribution in [-0.2, 0) is 0 Å². The SMILES string of the molecule is Cc1cccc(C)c1Nc1cncnc1Nc1c(C)cccc1C. The van der Waals surface area contributed by atoms with Crippen molar-refractivity contribution >= 4 is 22.9 Å². The van der Waals surface area contributed by atoms with Crippen molar-refractivity contribution in [2.45, 2.75) is 27.7 Å². The molecule has 2 aromatic carbocycles. The number of hydrogen-bond acceptors (Lipinski definition) is 4. The summed E-state index contributed by atoms with van der Waals surface area (Å²) in [4.78, 5) is 8.60. The van der Waals surface area contributed by atoms with Crippen molar-refractivity contribution in [2.75, 3.05) is 10.6 Å². The van der Waals surface area contributed by atoms with Crippen LogP contribution in [0.15, 0.2) is 48.9 Å². The first-order chi connectivity index (χ1) is 11.6. The number of rotatable bonds is 4. The Bertz CT molecular complexity index is 758. The van der Waals surface area contributed by atoms with Crippen LogP contribution in [0.2, 0.25) is 0 Å². The second-order valence-corrected chi connectivity index (χ2v) is 6.07. The summed E-state index contributed by atoms with van der Waals surface area (Å²) in [5, 5.41) is 6.94. The van der Waals surface area contributed by atoms with Gasteiger partial charge in [0.15, 0.2) is 5.82 Å². The number of nitrogens with one attached hydrogen (secondary N) is 2. The van der Waals surface area contributed by atoms with Crippen molar-refractivity contribution in [3.8, 4) is 0 Å². The maximum Gasteiger partial charge on any atom is 0.157 e. The van der Waals surface area contributed by atoms with Crippen molar-refractivity contribution in [1.29, 1.82) is 0 Å². The molecule has 0 saturated heterocycles. The number of aromatic nitrogens is 2. The van der Waals surface area contributed by atoms with E-state index in [0.29, 0.717) is 0 Å². The van der Waals surface area contributed by atoms with Crippen molar-refractivity contribution in [1.82, 2.24) is 9.97 Å². The average molecular weight is 318 g/mol. The molecule has 122 valence electrons. The standard InChI is InChI=1S/C20H22N4/c1-13-7-5-8-14(2)18(13)23-17-11-21-12-22-20(17)24-19-15(3)9-6-10-16(19)4/h5-12,23H,1-4H3,(H,21,22,24). The molecule has 0 unspecified atom stereocenters. The van der Waals surface area contributed by atoms with Gasteiger partial charge in [-0.25, -0.2) is 9.97 Å². The fourth-order valence-corrected chi connectivity index (χ4v) is 2.80. The molecule has 4 nitrogen and oxygen atoms in total. The van der Waals surface area contributed by atoms with Crippen LogP contribution < -0.4 is 10.6 Å². The van der Waals surface area contributed by atoms with Crippen LogP contribution in [0.25, 0.3) is 0 Å². The molecule has 0 fully saturated rings. The number of aryl methyl sites for hydroxylation is 4. The molecule has 24 heavy (non-hydrogen) atoms. The third kappa shape index (κ3) is 3.23. The van der Waals surface area contributed by atoms with Gasteiger partial charge in [0.25, 0.3) is 0 Å². The summed E-state index contributed by atoms with van der Waals surface area (Å²) in [6.07, 6.45) is 3.36. The molecule has 0 aliphatic carbocycles. The Hall–Kier alpha value is -2.88. The molecular formula is C20H22N4. The summed E-state index contributed by atoms with van der Waals surface area (Å²) in [5.41, 5.74) is 7.79. The summed E-state index contributed by atoms with van der Waals surface area (Å²) in [6.45, 7) is 8.37. The third-order valence-electron chi connectivity index (χ3n) is 4.18. The van der Waals surface area contributed by atoms with Crippen LogP contribution in [0.1, 0.15) is 22.3 Å². The molecule has 0 atom stereocenters. The van der Waals surface area contributed by atoms with Gasteiger partial charge in [-0.2, -0.15) is 0 Å². The first kappa shape index (κ1) is 16.0. The van der Waals surface area contributed by atoms with Gasteiger partial charge in [0.1, 0.15) is 12.0 Å². The molecule has 0 aliphatic heterocycles. The Morgan fingerprint density at radius 3 is 1.75 bits per heavy atom. The molecule has 0 radical (unpaired) electrons. The third-order valence-corrected chi connectivity index (χ3v) is 4.18. The van der Waals surface area contributed by atoms with Crippen LogP contribution in [0, 0.1) is 27.7 Å². The number of para-hydroxylation sites is 2. The highest BCUT2D eigenvalue weighted by Crippen LogP contribution is 2.31. The predicted molar refractivity (Wildman–Crippen MR) is 100 cm³/mol. The number of hydrogen-bond donors (Lipinski definition) is 2. The summed E-state index contributed by atoms with van der Waals surface area (Å²) in [6, 6.07) is 12.5. The van der Waals surface area contributed by atoms with Gasteiger partial charge < -0.3 is 10.6 Å². The average Bonchev–Trinajstić information content (AvgIpc) is 2.56. The first-order valence-electron chi connectivity index (χ1n) is 8.02. The van der Waals surface area contributed by atoms with E-state index in [1.165, 1.54) is 22.3 Å². The zero-order valence-electron chi connectivity index (χ0n) is 14.5. The van der Waals surface area contributed by atoms with Gasteiger partial charge in [0, 0.05) is 11.4 Å². The lowest BCUT2D eigenvalue weighted by molar-refractivity contribution is 1.16. The lowest BCUT2D eigenvalue weighted by atomic mass is 10.1. The Morgan fingerprint density at radius 1 is 0.708 bits per heavy atom. The molecule has 2 N–H and O–H groups in total. The van der Waals surface area contributed by atoms with Gasteiger partial charge in [0.2, 0.25) is 0 Å². The smallest absolute Gasteiger partial charge is 0.157 e. The van der Waals surface area contributed by atoms with Gasteiger partial charge in [-0.3, -0.25) is 0 Å². The fraction of sp³-hybridized carbons (Fsp3) is 0.200. The Kier molecular flexibility index (Phi) is 4.47. The quantitative estimate of drug-likeness (QED) is 0.694. The maximum absolute atomic E-state index is 4.43. The molecule has 0 saturated carbocycles. The van der Waals surface area contributed by atoms with Gasteiger partial charge in [-0.1, -0.05) is 36.4 Å². The molecule has 1 heterocycles. The summed E-state index contributed by atoms with van der Waals surface area (Å²) < 4.78 is 0. The van der Waals surface area contributed by atoms with Crippen molar-refractivity contribution in [3.63, 3.8) is 0 Å². The zero-order valence-corrected chi connectivity index (χ0v) is 14.5. The molecule has 1 aromatic heterocycles. The van der Waals surface area contributed by atoms with Crippen molar-refractivity contribution in [2.24, 2.45) is 0 Å². The van der Waals surface area contributed by atoms with Gasteiger partial charge in [-0.05, 0) is 49.9 Å². The summed E-state index contributed by atoms with van der Waals surface area (Å²) in [5.74, 6) is 0.769. The number of nitrogens with zero attached hydrogens (tertiary/aromatic N) is 2. The minimum atomic E-state index is 0.769. The van der Waals surface area contributed by atoms with Crippen LogP contribution in [-0.4, -0.2) is 9.97 Å². The Morgan fingerprint density at radius 2 is 1.21 bits per heavy atom. The zero-order chi connectivity index (χ0) is 17.1. The molecule has 0 amide bonds. The van der Waals surface area contributed by atoms with E-state index in [1.807, 2.05) is 0 Å². The van der Waals surface area contributed by atoms with Crippen LogP contribution in [0.3, 0.4) is 0 Å². The van der Waals surface area contributed by atoms with E-state index in [-0.39, 0.29) is 0 Å². The second kappa shape index (κ2) is 6.71. The van der Waals surface area contributed by atoms with E-state index in [9.17, 15) is 0 Å². The Balaban J connectivity index is 1.97. The van der Waals surface area contributed by atoms with Gasteiger partial charge in [-0.15, -0.1) is 0 Å². The molecule has 0 bridgehead atoms. The molecule has 0 aliphatic rings. The van der Waals surface area contributed by atoms with Crippen molar-refractivity contribution in [3.05, 3.63) is 71.2 Å². The van der Waals surface area contributed by atoms with Gasteiger partial charge >= 0.3 is 0 Å². The monoisotopic (exact) mass is 318 g/mol. The highest BCUT2D eigenvalue weighted by atomic mass is 15.1. The second-order valence-electron chi connectivity index (χ2n) is 6.07. The topological polar surface area (TPSA) is 49.8 Å². The molecule has 3 rings (SSSR count). The largest absolute Gasteiger partial charge is 0.351 e. The first-order valence-corrected chi connectivity index (χ1v) is 8.02. The molecule has 4 heteroatoms. The van der Waals surface area contributed by atoms with Gasteiger partial charge in [0.05, 0.1) is 6.20 Å². The lowest BCUT2D eigenvalue weighted by Crippen LogP contribution is -2.04. The van der Waals surface area contributed by atoms with E-state index >= 15 is 0 Å². The Labute approximate surface area is 143 Å². The highest BCUT2D eigenvalue weighted by Gasteiger charge is 2.10. The summed E-state index contributed by atoms with van der Waals surface area (Å²) >= 11 is 0. The van der Waals surface area contributed by atoms with Crippen molar-refractivity contribution < 1.29 is 0 Å². The van der Waals surface area contributed by atoms with E-state index in [4.69, 9.17) is 0 Å². The van der Waals surface area contributed by atoms with E-state index in [2.05, 4.69) is 84.7 Å². The fourth-order valence-electron chi connectivity index (χ4n) is 2.80. The lowest BCUT2D eigenvalue weighted by Gasteiger charge is -2.17. The highest BCUT2D eigenvalue weighted by molar-refractivity contribution is 5.78. The normalized spacial score (nSPS) is 10.5. The number of benzene rings is 2. The molecule has 3 aromatic rings. The summed E-state index contributed by atoms with van der Waals surface area (Å²) in [7, 11) is 0. The minimum Gasteiger partial charge on any atom is -0.351 e. The minimum absolute atomic E-state index is 0.769. The number of anilines is 4. The van der Waals surface area contributed by atoms with Crippen LogP contribution >= 0.6 is 0 Å². The molecular weight excluding hydrogens is 296 g/mol. The maximum atomic E-state index is 4.43. The predicted octanol–water partition coefficient (Wildman–Crippen LogP) is 5.20. The molecule has 0 spiro atoms. The van der Waals surface area contributed by atoms with Crippen LogP contribution in [0.4, 0.5) is 22.9 Å². The van der Waals surface area contributed by atoms with E-state index < -0.39 is 0 Å². The van der Waals surface area contributed by atoms with Crippen LogP contribution in [0.5, 0.6) is 0 Å².